The molecule has 3 rings (SSSR count). The molecule has 0 fully saturated rings. The molecule has 0 spiro atoms. The fourth-order valence-corrected chi connectivity index (χ4v) is 3.02. The van der Waals surface area contributed by atoms with Crippen molar-refractivity contribution in [3.05, 3.63) is 106 Å². The van der Waals surface area contributed by atoms with Gasteiger partial charge in [-0.25, -0.2) is 0 Å². The second-order valence-corrected chi connectivity index (χ2v) is 6.81. The van der Waals surface area contributed by atoms with Crippen LogP contribution >= 0.6 is 0 Å². The molecule has 0 heterocycles. The zero-order valence-corrected chi connectivity index (χ0v) is 14.9. The van der Waals surface area contributed by atoms with Crippen molar-refractivity contribution in [1.82, 2.24) is 0 Å². The van der Waals surface area contributed by atoms with Crippen LogP contribution in [-0.2, 0) is 19.0 Å². The largest absolute Gasteiger partial charge is 0.416 e. The van der Waals surface area contributed by atoms with Crippen molar-refractivity contribution in [2.24, 2.45) is 0 Å². The highest BCUT2D eigenvalue weighted by Gasteiger charge is 2.33. The Bertz CT molecular complexity index is 873. The summed E-state index contributed by atoms with van der Waals surface area (Å²) in [7, 11) is 0. The topological polar surface area (TPSA) is 0 Å². The molecule has 0 saturated carbocycles. The average Bonchev–Trinajstić information content (AvgIpc) is 2.59. The molecule has 0 amide bonds. The van der Waals surface area contributed by atoms with E-state index in [1.54, 1.807) is 12.1 Å². The smallest absolute Gasteiger partial charge is 0.166 e. The summed E-state index contributed by atoms with van der Waals surface area (Å²) in [5.41, 5.74) is 4.57. The number of hydrogen-bond donors (Lipinski definition) is 0. The molecule has 0 nitrogen and oxygen atoms in total. The first kappa shape index (κ1) is 18.2. The molecule has 3 aromatic rings. The minimum absolute atomic E-state index is 0.278. The average molecular weight is 354 g/mol. The molecule has 134 valence electrons. The molecule has 0 aromatic heterocycles. The molecule has 0 N–H and O–H groups in total. The van der Waals surface area contributed by atoms with Crippen molar-refractivity contribution in [1.29, 1.82) is 0 Å². The molecule has 0 bridgehead atoms. The van der Waals surface area contributed by atoms with Gasteiger partial charge in [-0.2, -0.15) is 13.2 Å². The predicted molar refractivity (Wildman–Crippen MR) is 99.4 cm³/mol. The van der Waals surface area contributed by atoms with Crippen molar-refractivity contribution in [3.8, 4) is 0 Å². The molecular weight excluding hydrogens is 333 g/mol. The van der Waals surface area contributed by atoms with Gasteiger partial charge in [-0.15, -0.1) is 0 Å². The monoisotopic (exact) mass is 354 g/mol. The van der Waals surface area contributed by atoms with Crippen molar-refractivity contribution in [3.63, 3.8) is 0 Å². The van der Waals surface area contributed by atoms with Crippen LogP contribution in [0.15, 0.2) is 66.7 Å². The lowest BCUT2D eigenvalue weighted by atomic mass is 9.94. The minimum Gasteiger partial charge on any atom is -0.166 e. The van der Waals surface area contributed by atoms with E-state index in [4.69, 9.17) is 0 Å². The third-order valence-electron chi connectivity index (χ3n) is 4.52. The van der Waals surface area contributed by atoms with Gasteiger partial charge in [0.05, 0.1) is 5.56 Å². The standard InChI is InChI=1S/C23H21F3/c1-16-3-7-18(8-4-16)13-20-11-12-21(22(15-20)23(24,25)26)14-19-9-5-17(2)6-10-19/h3-12,15H,13-14H2,1-2H3. The Morgan fingerprint density at radius 2 is 1.08 bits per heavy atom. The maximum atomic E-state index is 13.6. The van der Waals surface area contributed by atoms with E-state index >= 15 is 0 Å². The van der Waals surface area contributed by atoms with E-state index in [1.807, 2.05) is 62.4 Å². The SMILES string of the molecule is Cc1ccc(Cc2ccc(Cc3ccc(C)cc3)c(C(F)(F)F)c2)cc1. The highest BCUT2D eigenvalue weighted by molar-refractivity contribution is 5.40. The first-order valence-corrected chi connectivity index (χ1v) is 8.61. The highest BCUT2D eigenvalue weighted by atomic mass is 19.4. The predicted octanol–water partition coefficient (Wildman–Crippen LogP) is 6.50. The van der Waals surface area contributed by atoms with Crippen LogP contribution in [0.25, 0.3) is 0 Å². The van der Waals surface area contributed by atoms with Crippen LogP contribution in [0.3, 0.4) is 0 Å². The van der Waals surface area contributed by atoms with Gasteiger partial charge in [0.1, 0.15) is 0 Å². The number of aryl methyl sites for hydroxylation is 2. The van der Waals surface area contributed by atoms with Crippen molar-refractivity contribution in [2.45, 2.75) is 32.9 Å². The van der Waals surface area contributed by atoms with Gasteiger partial charge in [-0.3, -0.25) is 0 Å². The van der Waals surface area contributed by atoms with E-state index in [1.165, 1.54) is 6.07 Å². The van der Waals surface area contributed by atoms with Gasteiger partial charge < -0.3 is 0 Å². The number of halogens is 3. The summed E-state index contributed by atoms with van der Waals surface area (Å²) >= 11 is 0. The van der Waals surface area contributed by atoms with Crippen molar-refractivity contribution >= 4 is 0 Å². The molecule has 0 saturated heterocycles. The van der Waals surface area contributed by atoms with Crippen molar-refractivity contribution < 1.29 is 13.2 Å². The minimum atomic E-state index is -4.36. The van der Waals surface area contributed by atoms with E-state index in [0.29, 0.717) is 17.5 Å². The summed E-state index contributed by atoms with van der Waals surface area (Å²) in [4.78, 5) is 0. The lowest BCUT2D eigenvalue weighted by Gasteiger charge is -2.15. The van der Waals surface area contributed by atoms with Crippen LogP contribution in [0.1, 0.15) is 38.9 Å². The maximum Gasteiger partial charge on any atom is 0.416 e. The maximum absolute atomic E-state index is 13.6. The second kappa shape index (κ2) is 7.36. The Balaban J connectivity index is 1.90. The van der Waals surface area contributed by atoms with E-state index in [-0.39, 0.29) is 6.42 Å². The van der Waals surface area contributed by atoms with E-state index in [0.717, 1.165) is 22.3 Å². The number of benzene rings is 3. The third-order valence-corrected chi connectivity index (χ3v) is 4.52. The molecule has 0 aliphatic heterocycles. The Hall–Kier alpha value is -2.55. The normalized spacial score (nSPS) is 11.6. The first-order chi connectivity index (χ1) is 12.3. The fourth-order valence-electron chi connectivity index (χ4n) is 3.02. The van der Waals surface area contributed by atoms with Gasteiger partial charge in [0.2, 0.25) is 0 Å². The number of alkyl halides is 3. The second-order valence-electron chi connectivity index (χ2n) is 6.81. The lowest BCUT2D eigenvalue weighted by molar-refractivity contribution is -0.138. The van der Waals surface area contributed by atoms with Gasteiger partial charge >= 0.3 is 6.18 Å². The van der Waals surface area contributed by atoms with E-state index < -0.39 is 11.7 Å². The van der Waals surface area contributed by atoms with Crippen LogP contribution in [0.4, 0.5) is 13.2 Å². The Morgan fingerprint density at radius 3 is 1.58 bits per heavy atom. The molecule has 0 unspecified atom stereocenters. The molecule has 0 radical (unpaired) electrons. The van der Waals surface area contributed by atoms with Crippen LogP contribution in [0, 0.1) is 13.8 Å². The Labute approximate surface area is 152 Å². The molecule has 0 aliphatic carbocycles. The summed E-state index contributed by atoms with van der Waals surface area (Å²) in [5, 5.41) is 0. The van der Waals surface area contributed by atoms with Gasteiger partial charge in [0.25, 0.3) is 0 Å². The van der Waals surface area contributed by atoms with Gasteiger partial charge in [0, 0.05) is 0 Å². The Kier molecular flexibility index (Phi) is 5.17. The molecule has 0 aliphatic rings. The zero-order valence-electron chi connectivity index (χ0n) is 14.9. The lowest BCUT2D eigenvalue weighted by Crippen LogP contribution is -2.10. The van der Waals surface area contributed by atoms with Crippen LogP contribution in [0.5, 0.6) is 0 Å². The number of hydrogen-bond acceptors (Lipinski definition) is 0. The zero-order chi connectivity index (χ0) is 18.7. The first-order valence-electron chi connectivity index (χ1n) is 8.61. The molecule has 3 aromatic carbocycles. The third kappa shape index (κ3) is 4.54. The summed E-state index contributed by atoms with van der Waals surface area (Å²) in [6, 6.07) is 20.2. The molecule has 0 atom stereocenters. The van der Waals surface area contributed by atoms with Crippen LogP contribution < -0.4 is 0 Å². The van der Waals surface area contributed by atoms with Gasteiger partial charge in [-0.1, -0.05) is 71.8 Å². The fraction of sp³-hybridized carbons (Fsp3) is 0.217. The van der Waals surface area contributed by atoms with E-state index in [2.05, 4.69) is 0 Å². The van der Waals surface area contributed by atoms with Crippen LogP contribution in [0.2, 0.25) is 0 Å². The molecule has 3 heteroatoms. The summed E-state index contributed by atoms with van der Waals surface area (Å²) < 4.78 is 40.8. The van der Waals surface area contributed by atoms with E-state index in [9.17, 15) is 13.2 Å². The summed E-state index contributed by atoms with van der Waals surface area (Å²) in [6.07, 6.45) is -3.59. The Morgan fingerprint density at radius 1 is 0.615 bits per heavy atom. The number of rotatable bonds is 4. The highest BCUT2D eigenvalue weighted by Crippen LogP contribution is 2.34. The van der Waals surface area contributed by atoms with Gasteiger partial charge in [-0.05, 0) is 55.0 Å². The molecule has 26 heavy (non-hydrogen) atoms. The summed E-state index contributed by atoms with van der Waals surface area (Å²) in [6.45, 7) is 3.95. The molecular formula is C23H21F3. The summed E-state index contributed by atoms with van der Waals surface area (Å²) in [5.74, 6) is 0. The van der Waals surface area contributed by atoms with Gasteiger partial charge in [0.15, 0.2) is 0 Å². The van der Waals surface area contributed by atoms with Crippen LogP contribution in [-0.4, -0.2) is 0 Å². The van der Waals surface area contributed by atoms with Crippen molar-refractivity contribution in [2.75, 3.05) is 0 Å². The quantitative estimate of drug-likeness (QED) is 0.501.